The van der Waals surface area contributed by atoms with Gasteiger partial charge < -0.3 is 9.88 Å². The average Bonchev–Trinajstić information content (AvgIpc) is 2.73. The van der Waals surface area contributed by atoms with Gasteiger partial charge in [-0.2, -0.15) is 5.26 Å². The normalized spacial score (nSPS) is 10.0. The zero-order valence-corrected chi connectivity index (χ0v) is 10.3. The Morgan fingerprint density at radius 2 is 2.06 bits per heavy atom. The van der Waals surface area contributed by atoms with E-state index in [1.165, 1.54) is 0 Å². The van der Waals surface area contributed by atoms with Crippen LogP contribution in [0.2, 0.25) is 5.02 Å². The molecule has 2 aromatic rings. The summed E-state index contributed by atoms with van der Waals surface area (Å²) in [5.41, 5.74) is 1.23. The van der Waals surface area contributed by atoms with E-state index < -0.39 is 0 Å². The van der Waals surface area contributed by atoms with Gasteiger partial charge in [0.2, 0.25) is 0 Å². The Labute approximate surface area is 104 Å². The number of nitrogens with zero attached hydrogens (tertiary/aromatic N) is 3. The van der Waals surface area contributed by atoms with Gasteiger partial charge in [0.05, 0.1) is 5.02 Å². The monoisotopic (exact) mass is 246 g/mol. The molecule has 0 atom stereocenters. The minimum absolute atomic E-state index is 0.435. The first-order valence-corrected chi connectivity index (χ1v) is 5.43. The lowest BCUT2D eigenvalue weighted by atomic mass is 10.2. The van der Waals surface area contributed by atoms with E-state index in [2.05, 4.69) is 16.0 Å². The van der Waals surface area contributed by atoms with Crippen molar-refractivity contribution in [3.63, 3.8) is 0 Å². The fourth-order valence-corrected chi connectivity index (χ4v) is 1.77. The van der Waals surface area contributed by atoms with Crippen LogP contribution in [0.5, 0.6) is 0 Å². The number of imidazole rings is 1. The van der Waals surface area contributed by atoms with Crippen LogP contribution in [0.15, 0.2) is 24.3 Å². The van der Waals surface area contributed by atoms with Crippen LogP contribution in [0.4, 0.5) is 5.82 Å². The van der Waals surface area contributed by atoms with Crippen LogP contribution >= 0.6 is 11.6 Å². The predicted molar refractivity (Wildman–Crippen MR) is 68.1 cm³/mol. The Balaban J connectivity index is 2.56. The van der Waals surface area contributed by atoms with Gasteiger partial charge in [-0.15, -0.1) is 0 Å². The highest BCUT2D eigenvalue weighted by Crippen LogP contribution is 2.28. The molecule has 1 heterocycles. The second-order valence-corrected chi connectivity index (χ2v) is 4.18. The average molecular weight is 247 g/mol. The molecule has 0 saturated carbocycles. The van der Waals surface area contributed by atoms with E-state index in [9.17, 15) is 0 Å². The summed E-state index contributed by atoms with van der Waals surface area (Å²) in [6.07, 6.45) is 0. The van der Waals surface area contributed by atoms with Gasteiger partial charge in [0, 0.05) is 19.7 Å². The molecule has 0 radical (unpaired) electrons. The van der Waals surface area contributed by atoms with Gasteiger partial charge in [0.25, 0.3) is 0 Å². The first-order valence-electron chi connectivity index (χ1n) is 5.06. The maximum atomic E-state index is 9.02. The van der Waals surface area contributed by atoms with Crippen molar-refractivity contribution in [3.8, 4) is 17.5 Å². The number of aromatic amines is 1. The number of H-pyrrole nitrogens is 1. The van der Waals surface area contributed by atoms with Crippen LogP contribution in [0, 0.1) is 11.3 Å². The summed E-state index contributed by atoms with van der Waals surface area (Å²) in [4.78, 5) is 9.13. The Kier molecular flexibility index (Phi) is 3.03. The zero-order valence-electron chi connectivity index (χ0n) is 9.53. The van der Waals surface area contributed by atoms with Crippen LogP contribution in [0.25, 0.3) is 11.4 Å². The van der Waals surface area contributed by atoms with Crippen molar-refractivity contribution in [3.05, 3.63) is 35.0 Å². The number of hydrogen-bond acceptors (Lipinski definition) is 3. The van der Waals surface area contributed by atoms with Gasteiger partial charge in [0.15, 0.2) is 11.5 Å². The fraction of sp³-hybridized carbons (Fsp3) is 0.167. The minimum atomic E-state index is 0.435. The largest absolute Gasteiger partial charge is 0.360 e. The molecule has 17 heavy (non-hydrogen) atoms. The standard InChI is InChI=1S/C12H11ClN4/c1-17(2)12-10(7-14)15-11(16-12)8-5-3-4-6-9(8)13/h3-6H,1-2H3,(H,15,16). The van der Waals surface area contributed by atoms with Crippen LogP contribution in [0.1, 0.15) is 5.69 Å². The molecule has 0 aliphatic heterocycles. The van der Waals surface area contributed by atoms with Crippen LogP contribution in [-0.4, -0.2) is 24.1 Å². The summed E-state index contributed by atoms with van der Waals surface area (Å²) >= 11 is 6.09. The van der Waals surface area contributed by atoms with Crippen LogP contribution < -0.4 is 4.90 Å². The molecule has 1 aromatic carbocycles. The van der Waals surface area contributed by atoms with E-state index in [1.807, 2.05) is 32.3 Å². The maximum Gasteiger partial charge on any atom is 0.165 e. The third kappa shape index (κ3) is 2.10. The topological polar surface area (TPSA) is 55.7 Å². The Morgan fingerprint density at radius 1 is 1.35 bits per heavy atom. The lowest BCUT2D eigenvalue weighted by Crippen LogP contribution is -2.10. The van der Waals surface area contributed by atoms with Crippen molar-refractivity contribution in [1.29, 1.82) is 5.26 Å². The van der Waals surface area contributed by atoms with Crippen LogP contribution in [-0.2, 0) is 0 Å². The summed E-state index contributed by atoms with van der Waals surface area (Å²) in [6.45, 7) is 0. The molecule has 0 spiro atoms. The molecule has 0 fully saturated rings. The molecular weight excluding hydrogens is 236 g/mol. The number of rotatable bonds is 2. The number of halogens is 1. The Bertz CT molecular complexity index is 580. The second-order valence-electron chi connectivity index (χ2n) is 3.77. The van der Waals surface area contributed by atoms with E-state index >= 15 is 0 Å². The molecular formula is C12H11ClN4. The van der Waals surface area contributed by atoms with Gasteiger partial charge in [0.1, 0.15) is 11.9 Å². The Hall–Kier alpha value is -1.99. The lowest BCUT2D eigenvalue weighted by molar-refractivity contribution is 1.08. The second kappa shape index (κ2) is 4.48. The van der Waals surface area contributed by atoms with Gasteiger partial charge in [-0.1, -0.05) is 23.7 Å². The fourth-order valence-electron chi connectivity index (χ4n) is 1.55. The number of nitrogens with one attached hydrogen (secondary N) is 1. The van der Waals surface area contributed by atoms with Crippen molar-refractivity contribution < 1.29 is 0 Å². The number of benzene rings is 1. The summed E-state index contributed by atoms with van der Waals surface area (Å²) in [5, 5.41) is 9.62. The molecule has 2 rings (SSSR count). The summed E-state index contributed by atoms with van der Waals surface area (Å²) in [5.74, 6) is 1.22. The first kappa shape index (κ1) is 11.5. The highest BCUT2D eigenvalue weighted by Gasteiger charge is 2.14. The summed E-state index contributed by atoms with van der Waals surface area (Å²) in [7, 11) is 3.68. The molecule has 4 nitrogen and oxygen atoms in total. The number of aromatic nitrogens is 2. The smallest absolute Gasteiger partial charge is 0.165 e. The lowest BCUT2D eigenvalue weighted by Gasteiger charge is -2.07. The SMILES string of the molecule is CN(C)c1nc(-c2ccccc2Cl)[nH]c1C#N. The number of hydrogen-bond donors (Lipinski definition) is 1. The van der Waals surface area contributed by atoms with E-state index in [1.54, 1.807) is 11.0 Å². The van der Waals surface area contributed by atoms with E-state index in [-0.39, 0.29) is 0 Å². The quantitative estimate of drug-likeness (QED) is 0.886. The van der Waals surface area contributed by atoms with Crippen molar-refractivity contribution in [2.75, 3.05) is 19.0 Å². The van der Waals surface area contributed by atoms with Gasteiger partial charge in [-0.3, -0.25) is 0 Å². The molecule has 0 bridgehead atoms. The molecule has 1 N–H and O–H groups in total. The highest BCUT2D eigenvalue weighted by molar-refractivity contribution is 6.33. The van der Waals surface area contributed by atoms with Gasteiger partial charge >= 0.3 is 0 Å². The summed E-state index contributed by atoms with van der Waals surface area (Å²) in [6, 6.07) is 9.47. The highest BCUT2D eigenvalue weighted by atomic mass is 35.5. The summed E-state index contributed by atoms with van der Waals surface area (Å²) < 4.78 is 0. The zero-order chi connectivity index (χ0) is 12.4. The molecule has 86 valence electrons. The van der Waals surface area contributed by atoms with Crippen LogP contribution in [0.3, 0.4) is 0 Å². The van der Waals surface area contributed by atoms with Crippen molar-refractivity contribution in [2.45, 2.75) is 0 Å². The maximum absolute atomic E-state index is 9.02. The third-order valence-corrected chi connectivity index (χ3v) is 2.68. The molecule has 0 amide bonds. The predicted octanol–water partition coefficient (Wildman–Crippen LogP) is 2.67. The third-order valence-electron chi connectivity index (χ3n) is 2.35. The molecule has 0 unspecified atom stereocenters. The van der Waals surface area contributed by atoms with Gasteiger partial charge in [-0.05, 0) is 12.1 Å². The molecule has 1 aromatic heterocycles. The molecule has 5 heteroatoms. The first-order chi connectivity index (χ1) is 8.13. The minimum Gasteiger partial charge on any atom is -0.360 e. The Morgan fingerprint density at radius 3 is 2.59 bits per heavy atom. The van der Waals surface area contributed by atoms with Gasteiger partial charge in [-0.25, -0.2) is 4.98 Å². The van der Waals surface area contributed by atoms with Crippen molar-refractivity contribution in [1.82, 2.24) is 9.97 Å². The van der Waals surface area contributed by atoms with E-state index in [4.69, 9.17) is 16.9 Å². The van der Waals surface area contributed by atoms with Crippen molar-refractivity contribution in [2.24, 2.45) is 0 Å². The molecule has 0 saturated heterocycles. The van der Waals surface area contributed by atoms with E-state index in [0.29, 0.717) is 22.4 Å². The molecule has 0 aliphatic rings. The number of anilines is 1. The van der Waals surface area contributed by atoms with E-state index in [0.717, 1.165) is 5.56 Å². The number of nitriles is 1. The van der Waals surface area contributed by atoms with Crippen molar-refractivity contribution >= 4 is 17.4 Å². The molecule has 0 aliphatic carbocycles.